The zero-order valence-electron chi connectivity index (χ0n) is 18.8. The average molecular weight is 496 g/mol. The number of nitrogens with zero attached hydrogens (tertiary/aromatic N) is 1. The lowest BCUT2D eigenvalue weighted by Crippen LogP contribution is -2.32. The van der Waals surface area contributed by atoms with Crippen molar-refractivity contribution in [3.63, 3.8) is 0 Å². The number of hydrogen-bond acceptors (Lipinski definition) is 5. The molecule has 0 spiro atoms. The maximum Gasteiger partial charge on any atom is 0.250 e. The molecule has 7 heteroatoms. The number of nitrogens with one attached hydrogen (secondary N) is 2. The Morgan fingerprint density at radius 1 is 0.971 bits per heavy atom. The number of thiocarbonyl (C=S) groups is 1. The molecule has 0 aliphatic carbocycles. The number of fused-ring (bicyclic) bond motifs is 1. The van der Waals surface area contributed by atoms with Gasteiger partial charge in [-0.05, 0) is 79.3 Å². The highest BCUT2D eigenvalue weighted by atomic mass is 32.1. The lowest BCUT2D eigenvalue weighted by Gasteiger charge is -2.08. The molecule has 172 valence electrons. The van der Waals surface area contributed by atoms with E-state index in [0.717, 1.165) is 33.1 Å². The Morgan fingerprint density at radius 3 is 2.57 bits per heavy atom. The van der Waals surface area contributed by atoms with Gasteiger partial charge in [0.25, 0.3) is 0 Å². The molecule has 0 aliphatic heterocycles. The van der Waals surface area contributed by atoms with E-state index >= 15 is 0 Å². The van der Waals surface area contributed by atoms with E-state index in [1.165, 1.54) is 16.3 Å². The van der Waals surface area contributed by atoms with Crippen LogP contribution in [0.3, 0.4) is 0 Å². The van der Waals surface area contributed by atoms with Crippen molar-refractivity contribution in [2.24, 2.45) is 0 Å². The van der Waals surface area contributed by atoms with Crippen molar-refractivity contribution >= 4 is 56.6 Å². The molecule has 0 radical (unpaired) electrons. The van der Waals surface area contributed by atoms with E-state index in [2.05, 4.69) is 29.7 Å². The van der Waals surface area contributed by atoms with Crippen LogP contribution in [0.15, 0.2) is 95.4 Å². The van der Waals surface area contributed by atoms with Gasteiger partial charge in [0.05, 0.1) is 10.2 Å². The molecule has 5 nitrogen and oxygen atoms in total. The molecule has 2 aromatic heterocycles. The van der Waals surface area contributed by atoms with Gasteiger partial charge in [-0.15, -0.1) is 11.3 Å². The van der Waals surface area contributed by atoms with Crippen molar-refractivity contribution in [3.8, 4) is 21.9 Å². The minimum absolute atomic E-state index is 0.215. The average Bonchev–Trinajstić information content (AvgIpc) is 3.51. The van der Waals surface area contributed by atoms with Crippen molar-refractivity contribution in [1.82, 2.24) is 10.3 Å². The first-order valence-corrected chi connectivity index (χ1v) is 12.2. The van der Waals surface area contributed by atoms with E-state index in [1.807, 2.05) is 72.8 Å². The van der Waals surface area contributed by atoms with Crippen LogP contribution in [-0.2, 0) is 4.79 Å². The van der Waals surface area contributed by atoms with Crippen LogP contribution in [0.2, 0.25) is 0 Å². The van der Waals surface area contributed by atoms with Gasteiger partial charge in [-0.1, -0.05) is 36.4 Å². The molecule has 0 atom stereocenters. The van der Waals surface area contributed by atoms with Crippen molar-refractivity contribution in [1.29, 1.82) is 0 Å². The monoisotopic (exact) mass is 495 g/mol. The fraction of sp³-hybridized carbons (Fsp3) is 0.0357. The summed E-state index contributed by atoms with van der Waals surface area (Å²) in [4.78, 5) is 17.0. The van der Waals surface area contributed by atoms with E-state index in [4.69, 9.17) is 21.6 Å². The molecule has 5 rings (SSSR count). The fourth-order valence-corrected chi connectivity index (χ4v) is 4.81. The standard InChI is InChI=1S/C28H21N3O2S2/c1-18-7-14-23-25(17-18)35-27(30-23)20-8-10-21(11-9-20)29-28(34)31-26(32)16-13-22-12-15-24(33-22)19-5-3-2-4-6-19/h2-17H,1H3,(H2,29,31,32,34)/b16-13+. The smallest absolute Gasteiger partial charge is 0.250 e. The van der Waals surface area contributed by atoms with Crippen LogP contribution in [0.1, 0.15) is 11.3 Å². The maximum absolute atomic E-state index is 12.3. The first-order chi connectivity index (χ1) is 17.0. The summed E-state index contributed by atoms with van der Waals surface area (Å²) in [5, 5.41) is 6.86. The molecule has 0 saturated heterocycles. The van der Waals surface area contributed by atoms with E-state index in [0.29, 0.717) is 5.76 Å². The molecule has 0 unspecified atom stereocenters. The summed E-state index contributed by atoms with van der Waals surface area (Å²) in [6.45, 7) is 2.08. The Balaban J connectivity index is 1.17. The molecule has 35 heavy (non-hydrogen) atoms. The third-order valence-electron chi connectivity index (χ3n) is 5.25. The molecular weight excluding hydrogens is 474 g/mol. The van der Waals surface area contributed by atoms with Crippen LogP contribution in [0.4, 0.5) is 5.69 Å². The van der Waals surface area contributed by atoms with Gasteiger partial charge in [0.2, 0.25) is 5.91 Å². The Morgan fingerprint density at radius 2 is 1.77 bits per heavy atom. The normalized spacial score (nSPS) is 11.1. The summed E-state index contributed by atoms with van der Waals surface area (Å²) < 4.78 is 6.95. The van der Waals surface area contributed by atoms with Crippen LogP contribution in [0.5, 0.6) is 0 Å². The molecular formula is C28H21N3O2S2. The Labute approximate surface area is 212 Å². The van der Waals surface area contributed by atoms with Crippen LogP contribution >= 0.6 is 23.6 Å². The summed E-state index contributed by atoms with van der Waals surface area (Å²) in [6, 6.07) is 27.5. The van der Waals surface area contributed by atoms with Crippen LogP contribution in [0, 0.1) is 6.92 Å². The second kappa shape index (κ2) is 10.0. The first-order valence-electron chi connectivity index (χ1n) is 11.0. The molecule has 0 bridgehead atoms. The molecule has 0 saturated carbocycles. The van der Waals surface area contributed by atoms with Crippen LogP contribution in [-0.4, -0.2) is 16.0 Å². The van der Waals surface area contributed by atoms with Gasteiger partial charge in [-0.25, -0.2) is 4.98 Å². The lowest BCUT2D eigenvalue weighted by molar-refractivity contribution is -0.115. The zero-order valence-corrected chi connectivity index (χ0v) is 20.5. The highest BCUT2D eigenvalue weighted by Crippen LogP contribution is 2.31. The van der Waals surface area contributed by atoms with Gasteiger partial charge in [0, 0.05) is 22.9 Å². The number of anilines is 1. The minimum atomic E-state index is -0.346. The van der Waals surface area contributed by atoms with Gasteiger partial charge in [-0.3, -0.25) is 10.1 Å². The Kier molecular flexibility index (Phi) is 6.52. The minimum Gasteiger partial charge on any atom is -0.457 e. The summed E-state index contributed by atoms with van der Waals surface area (Å²) in [6.07, 6.45) is 3.00. The number of benzene rings is 3. The number of furan rings is 1. The number of aryl methyl sites for hydroxylation is 1. The highest BCUT2D eigenvalue weighted by Gasteiger charge is 2.08. The van der Waals surface area contributed by atoms with Gasteiger partial charge < -0.3 is 9.73 Å². The molecule has 0 aliphatic rings. The zero-order chi connectivity index (χ0) is 24.2. The van der Waals surface area contributed by atoms with E-state index < -0.39 is 0 Å². The van der Waals surface area contributed by atoms with Crippen molar-refractivity contribution in [3.05, 3.63) is 102 Å². The predicted molar refractivity (Wildman–Crippen MR) is 147 cm³/mol. The van der Waals surface area contributed by atoms with Crippen molar-refractivity contribution in [2.45, 2.75) is 6.92 Å². The Hall–Kier alpha value is -4.07. The highest BCUT2D eigenvalue weighted by molar-refractivity contribution is 7.80. The summed E-state index contributed by atoms with van der Waals surface area (Å²) in [5.74, 6) is 0.979. The SMILES string of the molecule is Cc1ccc2nc(-c3ccc(NC(=S)NC(=O)/C=C/c4ccc(-c5ccccc5)o4)cc3)sc2c1. The first kappa shape index (κ1) is 22.7. The molecule has 2 heterocycles. The molecule has 1 amide bonds. The number of aromatic nitrogens is 1. The number of rotatable bonds is 5. The third-order valence-corrected chi connectivity index (χ3v) is 6.53. The number of thiazole rings is 1. The van der Waals surface area contributed by atoms with E-state index in [-0.39, 0.29) is 11.0 Å². The second-order valence-electron chi connectivity index (χ2n) is 7.91. The number of carbonyl (C=O) groups is 1. The summed E-state index contributed by atoms with van der Waals surface area (Å²) >= 11 is 6.95. The van der Waals surface area contributed by atoms with Gasteiger partial charge in [0.15, 0.2) is 5.11 Å². The number of carbonyl (C=O) groups excluding carboxylic acids is 1. The molecule has 5 aromatic rings. The van der Waals surface area contributed by atoms with Crippen LogP contribution in [0.25, 0.3) is 38.2 Å². The van der Waals surface area contributed by atoms with Gasteiger partial charge in [-0.2, -0.15) is 0 Å². The maximum atomic E-state index is 12.3. The van der Waals surface area contributed by atoms with Crippen molar-refractivity contribution < 1.29 is 9.21 Å². The lowest BCUT2D eigenvalue weighted by atomic mass is 10.2. The van der Waals surface area contributed by atoms with Crippen LogP contribution < -0.4 is 10.6 Å². The number of amides is 1. The molecule has 2 N–H and O–H groups in total. The quantitative estimate of drug-likeness (QED) is 0.202. The number of hydrogen-bond donors (Lipinski definition) is 2. The fourth-order valence-electron chi connectivity index (χ4n) is 3.53. The van der Waals surface area contributed by atoms with E-state index in [1.54, 1.807) is 17.4 Å². The Bertz CT molecular complexity index is 1530. The summed E-state index contributed by atoms with van der Waals surface area (Å²) in [5.41, 5.74) is 5.00. The largest absolute Gasteiger partial charge is 0.457 e. The third kappa shape index (κ3) is 5.54. The summed E-state index contributed by atoms with van der Waals surface area (Å²) in [7, 11) is 0. The predicted octanol–water partition coefficient (Wildman–Crippen LogP) is 7.06. The molecule has 3 aromatic carbocycles. The topological polar surface area (TPSA) is 67.2 Å². The second-order valence-corrected chi connectivity index (χ2v) is 9.35. The van der Waals surface area contributed by atoms with Crippen molar-refractivity contribution in [2.75, 3.05) is 5.32 Å². The van der Waals surface area contributed by atoms with E-state index in [9.17, 15) is 4.79 Å². The van der Waals surface area contributed by atoms with Gasteiger partial charge in [0.1, 0.15) is 16.5 Å². The van der Waals surface area contributed by atoms with Gasteiger partial charge >= 0.3 is 0 Å². The molecule has 0 fully saturated rings.